The van der Waals surface area contributed by atoms with Crippen molar-refractivity contribution in [3.63, 3.8) is 0 Å². The second kappa shape index (κ2) is 6.01. The zero-order chi connectivity index (χ0) is 13.7. The lowest BCUT2D eigenvalue weighted by Crippen LogP contribution is -2.33. The highest BCUT2D eigenvalue weighted by Crippen LogP contribution is 2.18. The minimum absolute atomic E-state index is 0.0958. The van der Waals surface area contributed by atoms with Crippen LogP contribution in [0.25, 0.3) is 6.08 Å². The number of amides is 1. The van der Waals surface area contributed by atoms with Crippen LogP contribution in [0.5, 0.6) is 0 Å². The SMILES string of the molecule is N#C/C(=C\c1ccc(N)nc1)C(=O)NC1CCCC1. The van der Waals surface area contributed by atoms with Gasteiger partial charge in [0.25, 0.3) is 5.91 Å². The molecule has 0 aromatic carbocycles. The molecule has 1 aromatic rings. The Morgan fingerprint density at radius 2 is 2.21 bits per heavy atom. The van der Waals surface area contributed by atoms with Gasteiger partial charge in [-0.3, -0.25) is 4.79 Å². The first-order valence-corrected chi connectivity index (χ1v) is 6.33. The van der Waals surface area contributed by atoms with Crippen LogP contribution in [0.1, 0.15) is 31.2 Å². The number of hydrogen-bond donors (Lipinski definition) is 2. The minimum Gasteiger partial charge on any atom is -0.384 e. The van der Waals surface area contributed by atoms with Crippen molar-refractivity contribution < 1.29 is 4.79 Å². The summed E-state index contributed by atoms with van der Waals surface area (Å²) in [5.41, 5.74) is 6.27. The third kappa shape index (κ3) is 3.55. The molecule has 0 atom stereocenters. The van der Waals surface area contributed by atoms with E-state index in [0.29, 0.717) is 11.4 Å². The number of nitrogens with zero attached hydrogens (tertiary/aromatic N) is 2. The quantitative estimate of drug-likeness (QED) is 0.635. The number of nitriles is 1. The summed E-state index contributed by atoms with van der Waals surface area (Å²) in [6.07, 6.45) is 7.32. The van der Waals surface area contributed by atoms with E-state index in [1.807, 2.05) is 6.07 Å². The number of pyridine rings is 1. The average molecular weight is 256 g/mol. The molecule has 1 saturated carbocycles. The van der Waals surface area contributed by atoms with Gasteiger partial charge in [0.1, 0.15) is 17.5 Å². The van der Waals surface area contributed by atoms with E-state index < -0.39 is 0 Å². The molecule has 0 radical (unpaired) electrons. The molecular formula is C14H16N4O. The maximum Gasteiger partial charge on any atom is 0.262 e. The third-order valence-electron chi connectivity index (χ3n) is 3.18. The smallest absolute Gasteiger partial charge is 0.262 e. The molecule has 0 aliphatic heterocycles. The lowest BCUT2D eigenvalue weighted by atomic mass is 10.1. The summed E-state index contributed by atoms with van der Waals surface area (Å²) in [6.45, 7) is 0. The summed E-state index contributed by atoms with van der Waals surface area (Å²) in [7, 11) is 0. The van der Waals surface area contributed by atoms with Crippen molar-refractivity contribution in [3.8, 4) is 6.07 Å². The molecule has 1 heterocycles. The first-order chi connectivity index (χ1) is 9.19. The zero-order valence-electron chi connectivity index (χ0n) is 10.6. The average Bonchev–Trinajstić information content (AvgIpc) is 2.90. The minimum atomic E-state index is -0.314. The van der Waals surface area contributed by atoms with Crippen molar-refractivity contribution in [2.45, 2.75) is 31.7 Å². The first kappa shape index (κ1) is 13.1. The lowest BCUT2D eigenvalue weighted by molar-refractivity contribution is -0.117. The fraction of sp³-hybridized carbons (Fsp3) is 0.357. The molecule has 2 rings (SSSR count). The van der Waals surface area contributed by atoms with Crippen molar-refractivity contribution in [2.75, 3.05) is 5.73 Å². The maximum absolute atomic E-state index is 12.0. The summed E-state index contributed by atoms with van der Waals surface area (Å²) in [5, 5.41) is 11.9. The normalized spacial score (nSPS) is 16.1. The molecule has 98 valence electrons. The van der Waals surface area contributed by atoms with Gasteiger partial charge in [-0.2, -0.15) is 5.26 Å². The lowest BCUT2D eigenvalue weighted by Gasteiger charge is -2.10. The Morgan fingerprint density at radius 1 is 1.47 bits per heavy atom. The van der Waals surface area contributed by atoms with E-state index in [0.717, 1.165) is 25.7 Å². The van der Waals surface area contributed by atoms with Gasteiger partial charge in [-0.05, 0) is 36.6 Å². The van der Waals surface area contributed by atoms with Crippen LogP contribution in [-0.2, 0) is 4.79 Å². The van der Waals surface area contributed by atoms with E-state index in [2.05, 4.69) is 10.3 Å². The van der Waals surface area contributed by atoms with Crippen LogP contribution in [0.15, 0.2) is 23.9 Å². The van der Waals surface area contributed by atoms with Gasteiger partial charge in [-0.1, -0.05) is 12.8 Å². The van der Waals surface area contributed by atoms with E-state index >= 15 is 0 Å². The molecule has 1 aliphatic carbocycles. The molecule has 1 fully saturated rings. The summed E-state index contributed by atoms with van der Waals surface area (Å²) in [4.78, 5) is 15.9. The second-order valence-electron chi connectivity index (χ2n) is 4.64. The molecule has 5 heteroatoms. The first-order valence-electron chi connectivity index (χ1n) is 6.33. The van der Waals surface area contributed by atoms with E-state index in [9.17, 15) is 4.79 Å². The van der Waals surface area contributed by atoms with Gasteiger partial charge in [0, 0.05) is 12.2 Å². The van der Waals surface area contributed by atoms with Gasteiger partial charge in [-0.15, -0.1) is 0 Å². The molecule has 0 unspecified atom stereocenters. The van der Waals surface area contributed by atoms with Gasteiger partial charge in [0.2, 0.25) is 0 Å². The van der Waals surface area contributed by atoms with Crippen LogP contribution < -0.4 is 11.1 Å². The highest BCUT2D eigenvalue weighted by Gasteiger charge is 2.19. The predicted molar refractivity (Wildman–Crippen MR) is 72.6 cm³/mol. The monoisotopic (exact) mass is 256 g/mol. The molecule has 1 aromatic heterocycles. The van der Waals surface area contributed by atoms with Crippen molar-refractivity contribution in [1.29, 1.82) is 5.26 Å². The van der Waals surface area contributed by atoms with Crippen molar-refractivity contribution in [1.82, 2.24) is 10.3 Å². The van der Waals surface area contributed by atoms with Crippen LogP contribution in [-0.4, -0.2) is 16.9 Å². The standard InChI is InChI=1S/C14H16N4O/c15-8-11(7-10-5-6-13(16)17-9-10)14(19)18-12-3-1-2-4-12/h5-7,9,12H,1-4H2,(H2,16,17)(H,18,19)/b11-7+. The molecule has 3 N–H and O–H groups in total. The number of aromatic nitrogens is 1. The molecule has 0 saturated heterocycles. The Bertz CT molecular complexity index is 521. The molecule has 0 spiro atoms. The maximum atomic E-state index is 12.0. The van der Waals surface area contributed by atoms with Crippen LogP contribution in [0.4, 0.5) is 5.82 Å². The van der Waals surface area contributed by atoms with E-state index in [-0.39, 0.29) is 17.5 Å². The molecule has 0 bridgehead atoms. The summed E-state index contributed by atoms with van der Waals surface area (Å²) >= 11 is 0. The van der Waals surface area contributed by atoms with E-state index in [1.54, 1.807) is 12.1 Å². The van der Waals surface area contributed by atoms with Crippen LogP contribution in [0.2, 0.25) is 0 Å². The molecule has 19 heavy (non-hydrogen) atoms. The van der Waals surface area contributed by atoms with Crippen molar-refractivity contribution in [3.05, 3.63) is 29.5 Å². The fourth-order valence-corrected chi connectivity index (χ4v) is 2.15. The van der Waals surface area contributed by atoms with Crippen LogP contribution >= 0.6 is 0 Å². The number of carbonyl (C=O) groups excluding carboxylic acids is 1. The van der Waals surface area contributed by atoms with E-state index in [1.165, 1.54) is 12.3 Å². The second-order valence-corrected chi connectivity index (χ2v) is 4.64. The van der Waals surface area contributed by atoms with Crippen molar-refractivity contribution >= 4 is 17.8 Å². The number of nitrogen functional groups attached to an aromatic ring is 1. The van der Waals surface area contributed by atoms with Gasteiger partial charge in [0.15, 0.2) is 0 Å². The number of nitrogens with one attached hydrogen (secondary N) is 1. The van der Waals surface area contributed by atoms with Gasteiger partial charge < -0.3 is 11.1 Å². The Balaban J connectivity index is 2.08. The third-order valence-corrected chi connectivity index (χ3v) is 3.18. The number of anilines is 1. The Hall–Kier alpha value is -2.35. The topological polar surface area (TPSA) is 91.8 Å². The van der Waals surface area contributed by atoms with Crippen LogP contribution in [0.3, 0.4) is 0 Å². The highest BCUT2D eigenvalue weighted by molar-refractivity contribution is 6.01. The van der Waals surface area contributed by atoms with Gasteiger partial charge >= 0.3 is 0 Å². The van der Waals surface area contributed by atoms with Gasteiger partial charge in [-0.25, -0.2) is 4.98 Å². The summed E-state index contributed by atoms with van der Waals surface area (Å²) in [6, 6.07) is 5.49. The molecular weight excluding hydrogens is 240 g/mol. The Kier molecular flexibility index (Phi) is 4.14. The number of carbonyl (C=O) groups is 1. The number of rotatable bonds is 3. The predicted octanol–water partition coefficient (Wildman–Crippen LogP) is 1.63. The Morgan fingerprint density at radius 3 is 2.79 bits per heavy atom. The van der Waals surface area contributed by atoms with E-state index in [4.69, 9.17) is 11.0 Å². The Labute approximate surface area is 112 Å². The van der Waals surface area contributed by atoms with Gasteiger partial charge in [0.05, 0.1) is 0 Å². The number of hydrogen-bond acceptors (Lipinski definition) is 4. The largest absolute Gasteiger partial charge is 0.384 e. The highest BCUT2D eigenvalue weighted by atomic mass is 16.1. The van der Waals surface area contributed by atoms with Crippen molar-refractivity contribution in [2.24, 2.45) is 0 Å². The summed E-state index contributed by atoms with van der Waals surface area (Å²) < 4.78 is 0. The zero-order valence-corrected chi connectivity index (χ0v) is 10.6. The summed E-state index contributed by atoms with van der Waals surface area (Å²) in [5.74, 6) is 0.0947. The number of nitrogens with two attached hydrogens (primary N) is 1. The molecule has 5 nitrogen and oxygen atoms in total. The van der Waals surface area contributed by atoms with Crippen LogP contribution in [0, 0.1) is 11.3 Å². The molecule has 1 amide bonds. The fourth-order valence-electron chi connectivity index (χ4n) is 2.15. The molecule has 1 aliphatic rings.